The Morgan fingerprint density at radius 2 is 2.21 bits per heavy atom. The van der Waals surface area contributed by atoms with Gasteiger partial charge in [0.1, 0.15) is 0 Å². The van der Waals surface area contributed by atoms with Gasteiger partial charge in [-0.15, -0.1) is 0 Å². The number of likely N-dealkylation sites (N-methyl/N-ethyl adjacent to an activating group) is 1. The maximum Gasteiger partial charge on any atom is 0.0900 e. The number of rotatable bonds is 4. The molecule has 4 heteroatoms. The fourth-order valence-corrected chi connectivity index (χ4v) is 1.92. The molecule has 1 unspecified atom stereocenters. The topological polar surface area (TPSA) is 47.8 Å². The van der Waals surface area contributed by atoms with Gasteiger partial charge in [0.25, 0.3) is 0 Å². The largest absolute Gasteiger partial charge is 0.550 e. The van der Waals surface area contributed by atoms with Crippen LogP contribution in [0.3, 0.4) is 0 Å². The molecule has 0 saturated carbocycles. The highest BCUT2D eigenvalue weighted by molar-refractivity contribution is 5.64. The van der Waals surface area contributed by atoms with Gasteiger partial charge < -0.3 is 19.7 Å². The summed E-state index contributed by atoms with van der Waals surface area (Å²) in [6.07, 6.45) is 2.18. The molecule has 1 fully saturated rings. The summed E-state index contributed by atoms with van der Waals surface area (Å²) in [4.78, 5) is 14.1. The number of aliphatic carboxylic acids is 1. The fraction of sp³-hybridized carbons (Fsp3) is 0.900. The van der Waals surface area contributed by atoms with Gasteiger partial charge in [-0.2, -0.15) is 0 Å². The number of nitrogens with one attached hydrogen (secondary N) is 1. The Bertz CT molecular complexity index is 185. The van der Waals surface area contributed by atoms with Gasteiger partial charge in [0.05, 0.1) is 19.6 Å². The first kappa shape index (κ1) is 11.5. The minimum absolute atomic E-state index is 0.208. The van der Waals surface area contributed by atoms with E-state index in [1.807, 2.05) is 0 Å². The molecule has 0 spiro atoms. The number of nitrogens with zero attached hydrogens (tertiary/aromatic N) is 1. The zero-order valence-electron chi connectivity index (χ0n) is 8.92. The first-order chi connectivity index (χ1) is 6.68. The van der Waals surface area contributed by atoms with Gasteiger partial charge in [0.15, 0.2) is 0 Å². The second-order valence-corrected chi connectivity index (χ2v) is 4.13. The smallest absolute Gasteiger partial charge is 0.0900 e. The average molecular weight is 200 g/mol. The Balaban J connectivity index is 2.14. The van der Waals surface area contributed by atoms with Crippen LogP contribution in [0, 0.1) is 0 Å². The molecular weight excluding hydrogens is 180 g/mol. The minimum atomic E-state index is -0.920. The number of hydrogen-bond acceptors (Lipinski definition) is 3. The van der Waals surface area contributed by atoms with Crippen molar-refractivity contribution >= 4 is 5.97 Å². The van der Waals surface area contributed by atoms with E-state index in [9.17, 15) is 9.90 Å². The molecule has 1 N–H and O–H groups in total. The van der Waals surface area contributed by atoms with Gasteiger partial charge in [0.2, 0.25) is 0 Å². The van der Waals surface area contributed by atoms with Crippen molar-refractivity contribution < 1.29 is 14.8 Å². The van der Waals surface area contributed by atoms with Gasteiger partial charge in [-0.25, -0.2) is 0 Å². The number of carbonyl (C=O) groups excluding carboxylic acids is 1. The van der Waals surface area contributed by atoms with Crippen LogP contribution in [-0.4, -0.2) is 50.6 Å². The predicted octanol–water partition coefficient (Wildman–Crippen LogP) is -2.26. The van der Waals surface area contributed by atoms with Crippen LogP contribution in [0.5, 0.6) is 0 Å². The summed E-state index contributed by atoms with van der Waals surface area (Å²) in [5.74, 6) is -0.920. The summed E-state index contributed by atoms with van der Waals surface area (Å²) in [6, 6.07) is 0. The highest BCUT2D eigenvalue weighted by atomic mass is 16.4. The summed E-state index contributed by atoms with van der Waals surface area (Å²) < 4.78 is 0. The van der Waals surface area contributed by atoms with E-state index in [1.54, 1.807) is 0 Å². The predicted molar refractivity (Wildman–Crippen MR) is 51.9 cm³/mol. The Morgan fingerprint density at radius 1 is 1.43 bits per heavy atom. The van der Waals surface area contributed by atoms with Gasteiger partial charge in [-0.05, 0) is 13.5 Å². The molecule has 82 valence electrons. The summed E-state index contributed by atoms with van der Waals surface area (Å²) in [5, 5.41) is 10.2. The lowest BCUT2D eigenvalue weighted by Gasteiger charge is -2.17. The summed E-state index contributed by atoms with van der Waals surface area (Å²) in [6.45, 7) is 5.59. The third-order valence-corrected chi connectivity index (χ3v) is 2.83. The lowest BCUT2D eigenvalue weighted by Crippen LogP contribution is -3.12. The molecule has 0 aromatic rings. The average Bonchev–Trinajstić information content (AvgIpc) is 2.30. The van der Waals surface area contributed by atoms with E-state index in [2.05, 4.69) is 11.9 Å². The molecule has 1 aliphatic heterocycles. The van der Waals surface area contributed by atoms with Crippen LogP contribution in [0.2, 0.25) is 0 Å². The number of hydrogen-bond donors (Lipinski definition) is 1. The lowest BCUT2D eigenvalue weighted by molar-refractivity contribution is -0.898. The van der Waals surface area contributed by atoms with Crippen molar-refractivity contribution in [3.8, 4) is 0 Å². The lowest BCUT2D eigenvalue weighted by atomic mass is 10.3. The van der Waals surface area contributed by atoms with Crippen LogP contribution in [0.1, 0.15) is 19.3 Å². The van der Waals surface area contributed by atoms with Crippen molar-refractivity contribution in [1.82, 2.24) is 4.90 Å². The summed E-state index contributed by atoms with van der Waals surface area (Å²) in [7, 11) is 2.14. The first-order valence-corrected chi connectivity index (χ1v) is 5.40. The third kappa shape index (κ3) is 4.58. The molecule has 1 saturated heterocycles. The Kier molecular flexibility index (Phi) is 4.90. The van der Waals surface area contributed by atoms with Gasteiger partial charge in [-0.3, -0.25) is 0 Å². The molecule has 0 radical (unpaired) electrons. The zero-order valence-corrected chi connectivity index (χ0v) is 8.92. The third-order valence-electron chi connectivity index (χ3n) is 2.83. The van der Waals surface area contributed by atoms with Crippen LogP contribution >= 0.6 is 0 Å². The van der Waals surface area contributed by atoms with Gasteiger partial charge in [-0.1, -0.05) is 0 Å². The minimum Gasteiger partial charge on any atom is -0.550 e. The normalized spacial score (nSPS) is 24.5. The molecule has 0 aromatic heterocycles. The first-order valence-electron chi connectivity index (χ1n) is 5.40. The zero-order chi connectivity index (χ0) is 10.4. The molecule has 0 amide bonds. The SMILES string of the molecule is CN1CCC[NH+](CCCC(=O)[O-])CC1. The van der Waals surface area contributed by atoms with Gasteiger partial charge >= 0.3 is 0 Å². The summed E-state index contributed by atoms with van der Waals surface area (Å²) >= 11 is 0. The Labute approximate surface area is 85.5 Å². The quantitative estimate of drug-likeness (QED) is 0.557. The summed E-state index contributed by atoms with van der Waals surface area (Å²) in [5.41, 5.74) is 0. The molecule has 0 aromatic carbocycles. The second kappa shape index (κ2) is 5.98. The van der Waals surface area contributed by atoms with Crippen LogP contribution < -0.4 is 10.0 Å². The van der Waals surface area contributed by atoms with E-state index in [-0.39, 0.29) is 6.42 Å². The monoisotopic (exact) mass is 200 g/mol. The van der Waals surface area contributed by atoms with E-state index in [0.29, 0.717) is 0 Å². The van der Waals surface area contributed by atoms with Crippen molar-refractivity contribution in [1.29, 1.82) is 0 Å². The molecule has 0 bridgehead atoms. The maximum atomic E-state index is 10.2. The van der Waals surface area contributed by atoms with E-state index in [4.69, 9.17) is 0 Å². The fourth-order valence-electron chi connectivity index (χ4n) is 1.92. The van der Waals surface area contributed by atoms with Crippen LogP contribution in [0.4, 0.5) is 0 Å². The van der Waals surface area contributed by atoms with Crippen LogP contribution in [-0.2, 0) is 4.79 Å². The van der Waals surface area contributed by atoms with E-state index in [1.165, 1.54) is 24.4 Å². The molecule has 1 heterocycles. The number of quaternary nitrogens is 1. The van der Waals surface area contributed by atoms with Gasteiger partial charge in [0, 0.05) is 31.9 Å². The number of carbonyl (C=O) groups is 1. The molecule has 0 aliphatic carbocycles. The molecule has 14 heavy (non-hydrogen) atoms. The van der Waals surface area contributed by atoms with Crippen molar-refractivity contribution in [2.45, 2.75) is 19.3 Å². The highest BCUT2D eigenvalue weighted by Crippen LogP contribution is 1.88. The van der Waals surface area contributed by atoms with Crippen LogP contribution in [0.15, 0.2) is 0 Å². The second-order valence-electron chi connectivity index (χ2n) is 4.13. The Morgan fingerprint density at radius 3 is 2.93 bits per heavy atom. The molecule has 1 rings (SSSR count). The van der Waals surface area contributed by atoms with E-state index in [0.717, 1.165) is 26.1 Å². The van der Waals surface area contributed by atoms with E-state index < -0.39 is 5.97 Å². The molecular formula is C10H20N2O2. The van der Waals surface area contributed by atoms with Crippen LogP contribution in [0.25, 0.3) is 0 Å². The standard InChI is InChI=1S/C10H20N2O2/c1-11-5-3-7-12(9-8-11)6-2-4-10(13)14/h2-9H2,1H3,(H,13,14). The van der Waals surface area contributed by atoms with Crippen molar-refractivity contribution in [2.24, 2.45) is 0 Å². The highest BCUT2D eigenvalue weighted by Gasteiger charge is 2.13. The molecule has 1 atom stereocenters. The van der Waals surface area contributed by atoms with Crippen molar-refractivity contribution in [3.05, 3.63) is 0 Å². The molecule has 4 nitrogen and oxygen atoms in total. The van der Waals surface area contributed by atoms with E-state index >= 15 is 0 Å². The van der Waals surface area contributed by atoms with Crippen molar-refractivity contribution in [2.75, 3.05) is 39.8 Å². The number of carboxylic acids is 1. The number of carboxylic acid groups (broad SMARTS) is 1. The Hall–Kier alpha value is -0.610. The van der Waals surface area contributed by atoms with Crippen molar-refractivity contribution in [3.63, 3.8) is 0 Å². The molecule has 1 aliphatic rings. The maximum absolute atomic E-state index is 10.2.